The predicted octanol–water partition coefficient (Wildman–Crippen LogP) is 2.68. The summed E-state index contributed by atoms with van der Waals surface area (Å²) in [5.74, 6) is 1.52. The molecule has 0 radical (unpaired) electrons. The Balaban J connectivity index is 0.00000225. The molecule has 2 aromatic heterocycles. The number of nitrogens with one attached hydrogen (secondary N) is 2. The number of pyridine rings is 1. The third kappa shape index (κ3) is 4.29. The van der Waals surface area contributed by atoms with Crippen LogP contribution in [0.1, 0.15) is 23.2 Å². The Labute approximate surface area is 170 Å². The van der Waals surface area contributed by atoms with Crippen LogP contribution in [0.3, 0.4) is 0 Å². The summed E-state index contributed by atoms with van der Waals surface area (Å²) in [5.41, 5.74) is 3.22. The van der Waals surface area contributed by atoms with Crippen LogP contribution in [0.15, 0.2) is 53.5 Å². The number of methoxy groups -OCH3 is 1. The zero-order valence-corrected chi connectivity index (χ0v) is 16.7. The van der Waals surface area contributed by atoms with E-state index in [-0.39, 0.29) is 18.0 Å². The smallest absolute Gasteiger partial charge is 0.276 e. The predicted molar refractivity (Wildman–Crippen MR) is 112 cm³/mol. The van der Waals surface area contributed by atoms with Gasteiger partial charge in [0.1, 0.15) is 5.75 Å². The van der Waals surface area contributed by atoms with Gasteiger partial charge in [-0.15, -0.1) is 12.4 Å². The van der Waals surface area contributed by atoms with Gasteiger partial charge >= 0.3 is 0 Å². The van der Waals surface area contributed by atoms with Crippen LogP contribution in [0.25, 0.3) is 5.82 Å². The molecule has 0 fully saturated rings. The summed E-state index contributed by atoms with van der Waals surface area (Å²) in [6.45, 7) is 0.894. The number of rotatable bonds is 6. The minimum absolute atomic E-state index is 0. The Morgan fingerprint density at radius 1 is 1.25 bits per heavy atom. The second-order valence-corrected chi connectivity index (χ2v) is 6.89. The molecule has 1 aliphatic rings. The van der Waals surface area contributed by atoms with Gasteiger partial charge in [-0.1, -0.05) is 18.2 Å². The molecule has 28 heavy (non-hydrogen) atoms. The number of benzene rings is 1. The normalized spacial score (nSPS) is 15.5. The van der Waals surface area contributed by atoms with Crippen molar-refractivity contribution in [2.24, 2.45) is 0 Å². The zero-order valence-electron chi connectivity index (χ0n) is 15.9. The monoisotopic (exact) mass is 400 g/mol. The quantitative estimate of drug-likeness (QED) is 0.667. The maximum atomic E-state index is 12.8. The van der Waals surface area contributed by atoms with Crippen molar-refractivity contribution in [3.8, 4) is 11.6 Å². The molecule has 0 amide bonds. The molecule has 1 aromatic carbocycles. The second kappa shape index (κ2) is 9.08. The summed E-state index contributed by atoms with van der Waals surface area (Å²) in [5, 5.41) is 6.84. The fraction of sp³-hybridized carbons (Fsp3) is 0.333. The third-order valence-electron chi connectivity index (χ3n) is 5.15. The van der Waals surface area contributed by atoms with Crippen molar-refractivity contribution in [3.63, 3.8) is 0 Å². The molecule has 0 saturated heterocycles. The third-order valence-corrected chi connectivity index (χ3v) is 5.15. The van der Waals surface area contributed by atoms with Gasteiger partial charge in [-0.05, 0) is 62.1 Å². The fourth-order valence-electron chi connectivity index (χ4n) is 3.64. The molecule has 2 heterocycles. The highest BCUT2D eigenvalue weighted by Gasteiger charge is 2.24. The molecule has 1 aliphatic carbocycles. The van der Waals surface area contributed by atoms with E-state index in [0.29, 0.717) is 11.9 Å². The average Bonchev–Trinajstić information content (AvgIpc) is 3.05. The number of fused-ring (bicyclic) bond motifs is 1. The molecular weight excluding hydrogens is 376 g/mol. The average molecular weight is 401 g/mol. The Bertz CT molecular complexity index is 951. The molecule has 4 rings (SSSR count). The lowest BCUT2D eigenvalue weighted by atomic mass is 9.93. The van der Waals surface area contributed by atoms with Crippen molar-refractivity contribution in [1.82, 2.24) is 20.1 Å². The highest BCUT2D eigenvalue weighted by Crippen LogP contribution is 2.18. The Morgan fingerprint density at radius 2 is 2.07 bits per heavy atom. The summed E-state index contributed by atoms with van der Waals surface area (Å²) >= 11 is 0. The van der Waals surface area contributed by atoms with Gasteiger partial charge in [0.2, 0.25) is 0 Å². The Kier molecular flexibility index (Phi) is 6.54. The molecule has 0 saturated carbocycles. The van der Waals surface area contributed by atoms with Gasteiger partial charge in [-0.2, -0.15) is 0 Å². The van der Waals surface area contributed by atoms with Crippen LogP contribution in [0.4, 0.5) is 0 Å². The number of aromatic nitrogens is 3. The molecule has 0 bridgehead atoms. The van der Waals surface area contributed by atoms with Crippen LogP contribution < -0.4 is 15.6 Å². The number of ether oxygens (including phenoxy) is 1. The molecular formula is C21H25ClN4O2. The van der Waals surface area contributed by atoms with Gasteiger partial charge in [-0.25, -0.2) is 9.67 Å². The van der Waals surface area contributed by atoms with E-state index in [1.165, 1.54) is 5.56 Å². The number of aryl methyl sites for hydroxylation is 1. The van der Waals surface area contributed by atoms with Crippen molar-refractivity contribution in [2.45, 2.75) is 31.7 Å². The maximum absolute atomic E-state index is 12.8. The van der Waals surface area contributed by atoms with E-state index in [0.717, 1.165) is 49.2 Å². The number of nitrogens with zero attached hydrogens (tertiary/aromatic N) is 2. The topological polar surface area (TPSA) is 71.9 Å². The van der Waals surface area contributed by atoms with Crippen molar-refractivity contribution >= 4 is 12.4 Å². The first-order chi connectivity index (χ1) is 13.2. The van der Waals surface area contributed by atoms with E-state index < -0.39 is 0 Å². The number of aromatic amines is 1. The van der Waals surface area contributed by atoms with E-state index in [1.807, 2.05) is 30.3 Å². The molecule has 1 atom stereocenters. The van der Waals surface area contributed by atoms with Crippen molar-refractivity contribution in [2.75, 3.05) is 13.7 Å². The lowest BCUT2D eigenvalue weighted by molar-refractivity contribution is 0.414. The molecule has 0 spiro atoms. The van der Waals surface area contributed by atoms with Crippen LogP contribution in [0.2, 0.25) is 0 Å². The van der Waals surface area contributed by atoms with Gasteiger partial charge in [0.05, 0.1) is 7.11 Å². The van der Waals surface area contributed by atoms with Crippen molar-refractivity contribution in [3.05, 3.63) is 75.8 Å². The fourth-order valence-corrected chi connectivity index (χ4v) is 3.64. The first-order valence-corrected chi connectivity index (χ1v) is 9.35. The van der Waals surface area contributed by atoms with Gasteiger partial charge in [0.15, 0.2) is 5.82 Å². The molecule has 148 valence electrons. The lowest BCUT2D eigenvalue weighted by Gasteiger charge is -2.22. The summed E-state index contributed by atoms with van der Waals surface area (Å²) in [6, 6.07) is 14.1. The van der Waals surface area contributed by atoms with Crippen LogP contribution in [-0.4, -0.2) is 34.5 Å². The van der Waals surface area contributed by atoms with Crippen LogP contribution in [0.5, 0.6) is 5.75 Å². The zero-order chi connectivity index (χ0) is 18.6. The number of halogens is 1. The minimum atomic E-state index is 0. The summed E-state index contributed by atoms with van der Waals surface area (Å²) < 4.78 is 6.75. The molecule has 6 nitrogen and oxygen atoms in total. The molecule has 0 aliphatic heterocycles. The van der Waals surface area contributed by atoms with E-state index in [4.69, 9.17) is 4.74 Å². The number of hydrogen-bond acceptors (Lipinski definition) is 4. The maximum Gasteiger partial charge on any atom is 0.276 e. The highest BCUT2D eigenvalue weighted by molar-refractivity contribution is 5.85. The highest BCUT2D eigenvalue weighted by atomic mass is 35.5. The van der Waals surface area contributed by atoms with Crippen LogP contribution in [0, 0.1) is 0 Å². The lowest BCUT2D eigenvalue weighted by Crippen LogP contribution is -2.37. The first kappa shape index (κ1) is 20.2. The number of hydrogen-bond donors (Lipinski definition) is 2. The first-order valence-electron chi connectivity index (χ1n) is 9.35. The number of H-pyrrole nitrogens is 1. The van der Waals surface area contributed by atoms with Gasteiger partial charge in [-0.3, -0.25) is 9.89 Å². The summed E-state index contributed by atoms with van der Waals surface area (Å²) in [4.78, 5) is 17.0. The standard InChI is InChI=1S/C21H24N4O2.ClH/c1-27-17-8-5-15(6-9-17)11-13-22-16-7-10-19-18(14-16)21(26)25(24-19)20-4-2-3-12-23-20;/h2-6,8-9,12,16,22,24H,7,10-11,13-14H2,1H3;1H. The summed E-state index contributed by atoms with van der Waals surface area (Å²) in [7, 11) is 1.68. The molecule has 7 heteroatoms. The van der Waals surface area contributed by atoms with E-state index in [9.17, 15) is 4.79 Å². The molecule has 3 aromatic rings. The Morgan fingerprint density at radius 3 is 2.79 bits per heavy atom. The Hall–Kier alpha value is -2.57. The second-order valence-electron chi connectivity index (χ2n) is 6.89. The summed E-state index contributed by atoms with van der Waals surface area (Å²) in [6.07, 6.45) is 5.32. The van der Waals surface area contributed by atoms with Gasteiger partial charge in [0.25, 0.3) is 5.56 Å². The van der Waals surface area contributed by atoms with E-state index in [2.05, 4.69) is 27.5 Å². The molecule has 2 N–H and O–H groups in total. The van der Waals surface area contributed by atoms with Crippen LogP contribution >= 0.6 is 12.4 Å². The molecule has 1 unspecified atom stereocenters. The van der Waals surface area contributed by atoms with E-state index in [1.54, 1.807) is 18.0 Å². The van der Waals surface area contributed by atoms with Crippen molar-refractivity contribution in [1.29, 1.82) is 0 Å². The van der Waals surface area contributed by atoms with Crippen LogP contribution in [-0.2, 0) is 19.3 Å². The largest absolute Gasteiger partial charge is 0.497 e. The van der Waals surface area contributed by atoms with Crippen molar-refractivity contribution < 1.29 is 4.74 Å². The van der Waals surface area contributed by atoms with Gasteiger partial charge < -0.3 is 10.1 Å². The van der Waals surface area contributed by atoms with Gasteiger partial charge in [0, 0.05) is 23.5 Å². The minimum Gasteiger partial charge on any atom is -0.497 e. The van der Waals surface area contributed by atoms with E-state index >= 15 is 0 Å². The SMILES string of the molecule is COc1ccc(CCNC2CCc3[nH]n(-c4ccccn4)c(=O)c3C2)cc1.Cl.